The van der Waals surface area contributed by atoms with Gasteiger partial charge in [-0.05, 0) is 47.5 Å². The van der Waals surface area contributed by atoms with Crippen LogP contribution in [0.4, 0.5) is 35.1 Å². The molecule has 22 heteroatoms. The number of pyridine rings is 2. The normalized spacial score (nSPS) is 18.2. The number of alkyl halides is 4. The van der Waals surface area contributed by atoms with Crippen molar-refractivity contribution in [1.29, 1.82) is 0 Å². The molecule has 4 bridgehead atoms. The Morgan fingerprint density at radius 2 is 0.889 bits per heavy atom. The Balaban J connectivity index is 0.000000178. The second kappa shape index (κ2) is 19.7. The topological polar surface area (TPSA) is 150 Å². The largest absolute Gasteiger partial charge is 0.502 e. The van der Waals surface area contributed by atoms with Crippen molar-refractivity contribution < 1.29 is 64.4 Å². The second-order valence-electron chi connectivity index (χ2n) is 16.4. The lowest BCUT2D eigenvalue weighted by atomic mass is 9.92. The van der Waals surface area contributed by atoms with E-state index in [0.29, 0.717) is 0 Å². The van der Waals surface area contributed by atoms with Gasteiger partial charge in [0, 0.05) is 59.9 Å². The van der Waals surface area contributed by atoms with Crippen molar-refractivity contribution in [1.82, 2.24) is 19.2 Å². The molecule has 0 aliphatic carbocycles. The first-order valence-electron chi connectivity index (χ1n) is 21.9. The predicted octanol–water partition coefficient (Wildman–Crippen LogP) is 7.72. The number of carbonyl (C=O) groups is 2. The zero-order valence-corrected chi connectivity index (χ0v) is 37.1. The van der Waals surface area contributed by atoms with Gasteiger partial charge in [0.25, 0.3) is 24.7 Å². The van der Waals surface area contributed by atoms with Crippen LogP contribution in [0.15, 0.2) is 131 Å². The number of halogens is 8. The number of carbonyl (C=O) groups excluding carboxylic acids is 2. The highest BCUT2D eigenvalue weighted by Crippen LogP contribution is 2.44. The highest BCUT2D eigenvalue weighted by Gasteiger charge is 2.41. The van der Waals surface area contributed by atoms with E-state index < -0.39 is 93.9 Å². The van der Waals surface area contributed by atoms with Crippen LogP contribution in [0.1, 0.15) is 79.3 Å². The Labute approximate surface area is 402 Å². The van der Waals surface area contributed by atoms with Crippen molar-refractivity contribution in [3.63, 3.8) is 0 Å². The number of hydrogen-bond acceptors (Lipinski definition) is 10. The maximum Gasteiger partial charge on any atom is 0.278 e. The van der Waals surface area contributed by atoms with Crippen LogP contribution in [-0.4, -0.2) is 80.8 Å². The highest BCUT2D eigenvalue weighted by atomic mass is 19.3. The molecule has 10 rings (SSSR count). The number of nitrogens with zero attached hydrogens (tertiary/aromatic N) is 6. The van der Waals surface area contributed by atoms with Gasteiger partial charge in [0.05, 0.1) is 0 Å². The molecule has 0 saturated carbocycles. The zero-order valence-electron chi connectivity index (χ0n) is 37.1. The fraction of sp³-hybridized carbons (Fsp3) is 0.200. The fourth-order valence-corrected chi connectivity index (χ4v) is 8.98. The third kappa shape index (κ3) is 8.61. The lowest BCUT2D eigenvalue weighted by Gasteiger charge is -2.44. The van der Waals surface area contributed by atoms with Crippen LogP contribution in [0.25, 0.3) is 0 Å². The van der Waals surface area contributed by atoms with Crippen molar-refractivity contribution in [3.8, 4) is 23.0 Å². The number of amides is 2. The SMILES string of the molecule is O=C1c2c(O)c(=O)ccn2N2CN1C/C=C\COc1c(ccc(F)c1F)[C@@H]2c1ccccc1C(F)F.O=C1c2c(O)c(=O)ccn2N2CN1C/C=C\COc1c(ccc(F)c1F)[C@H]2c1ccccc1C(F)F. The van der Waals surface area contributed by atoms with Crippen molar-refractivity contribution in [2.45, 2.75) is 24.9 Å². The van der Waals surface area contributed by atoms with Crippen LogP contribution < -0.4 is 30.3 Å². The Kier molecular flexibility index (Phi) is 13.2. The van der Waals surface area contributed by atoms with Crippen LogP contribution in [0, 0.1) is 23.3 Å². The van der Waals surface area contributed by atoms with Crippen LogP contribution in [-0.2, 0) is 0 Å². The van der Waals surface area contributed by atoms with Gasteiger partial charge in [0.15, 0.2) is 46.0 Å². The average Bonchev–Trinajstić information content (AvgIpc) is 3.42. The standard InChI is InChI=1S/2C25H19F4N3O4/c2*26-17-8-7-16-20(14-5-1-2-6-15(14)24(28)29)32-13-30(10-3-4-12-36-23(16)19(17)27)25(35)21-22(34)18(33)9-11-31(21)32/h2*1-9,11,20,24,34H,10,12-13H2/b2*4-3-/t2*20-/m10/s1. The van der Waals surface area contributed by atoms with E-state index in [4.69, 9.17) is 9.47 Å². The molecule has 14 nitrogen and oxygen atoms in total. The van der Waals surface area contributed by atoms with Crippen LogP contribution in [0.5, 0.6) is 23.0 Å². The minimum absolute atomic E-state index is 0.00994. The summed E-state index contributed by atoms with van der Waals surface area (Å²) >= 11 is 0. The number of aromatic hydroxyl groups is 2. The number of benzene rings is 4. The highest BCUT2D eigenvalue weighted by molar-refractivity contribution is 5.97. The summed E-state index contributed by atoms with van der Waals surface area (Å²) in [6, 6.07) is 14.9. The molecule has 372 valence electrons. The summed E-state index contributed by atoms with van der Waals surface area (Å²) in [4.78, 5) is 53.3. The molecule has 72 heavy (non-hydrogen) atoms. The minimum Gasteiger partial charge on any atom is -0.502 e. The molecule has 2 atom stereocenters. The van der Waals surface area contributed by atoms with Gasteiger partial charge in [0.1, 0.15) is 38.6 Å². The van der Waals surface area contributed by atoms with Gasteiger partial charge in [0.2, 0.25) is 22.5 Å². The van der Waals surface area contributed by atoms with E-state index in [1.807, 2.05) is 0 Å². The average molecular weight is 1000 g/mol. The van der Waals surface area contributed by atoms with Gasteiger partial charge >= 0.3 is 0 Å². The first-order valence-corrected chi connectivity index (χ1v) is 21.9. The van der Waals surface area contributed by atoms with Gasteiger partial charge in [-0.2, -0.15) is 8.78 Å². The molecule has 4 aromatic carbocycles. The molecule has 6 heterocycles. The molecular weight excluding hydrogens is 965 g/mol. The summed E-state index contributed by atoms with van der Waals surface area (Å²) < 4.78 is 129. The lowest BCUT2D eigenvalue weighted by Crippen LogP contribution is -2.55. The van der Waals surface area contributed by atoms with E-state index >= 15 is 8.78 Å². The van der Waals surface area contributed by atoms with Crippen molar-refractivity contribution in [2.75, 3.05) is 49.7 Å². The third-order valence-corrected chi connectivity index (χ3v) is 12.3. The predicted molar refractivity (Wildman–Crippen MR) is 241 cm³/mol. The van der Waals surface area contributed by atoms with Gasteiger partial charge in [-0.3, -0.25) is 38.5 Å². The lowest BCUT2D eigenvalue weighted by molar-refractivity contribution is 0.0693. The van der Waals surface area contributed by atoms with Gasteiger partial charge in [-0.1, -0.05) is 60.7 Å². The van der Waals surface area contributed by atoms with Crippen LogP contribution >= 0.6 is 0 Å². The molecule has 2 amide bonds. The zero-order chi connectivity index (χ0) is 51.1. The molecule has 0 saturated heterocycles. The first kappa shape index (κ1) is 48.5. The third-order valence-electron chi connectivity index (χ3n) is 12.3. The molecular formula is C50H38F8N6O8. The molecule has 0 unspecified atom stereocenters. The van der Waals surface area contributed by atoms with E-state index in [-0.39, 0.29) is 84.4 Å². The van der Waals surface area contributed by atoms with Crippen molar-refractivity contribution in [3.05, 3.63) is 210 Å². The van der Waals surface area contributed by atoms with Crippen LogP contribution in [0.2, 0.25) is 0 Å². The molecule has 6 aromatic rings. The molecule has 4 aliphatic rings. The van der Waals surface area contributed by atoms with Gasteiger partial charge in [-0.15, -0.1) is 0 Å². The summed E-state index contributed by atoms with van der Waals surface area (Å²) in [6.45, 7) is -0.739. The van der Waals surface area contributed by atoms with E-state index in [9.17, 15) is 55.7 Å². The summed E-state index contributed by atoms with van der Waals surface area (Å²) in [5.74, 6) is -8.92. The van der Waals surface area contributed by atoms with Crippen LogP contribution in [0.3, 0.4) is 0 Å². The van der Waals surface area contributed by atoms with E-state index in [2.05, 4.69) is 0 Å². The number of rotatable bonds is 4. The summed E-state index contributed by atoms with van der Waals surface area (Å²) in [5, 5.41) is 23.8. The summed E-state index contributed by atoms with van der Waals surface area (Å²) in [5.41, 5.74) is -3.04. The quantitative estimate of drug-likeness (QED) is 0.133. The maximum absolute atomic E-state index is 15.0. The fourth-order valence-electron chi connectivity index (χ4n) is 8.98. The van der Waals surface area contributed by atoms with E-state index in [0.717, 1.165) is 24.3 Å². The molecule has 4 aliphatic heterocycles. The minimum atomic E-state index is -2.92. The molecule has 0 spiro atoms. The van der Waals surface area contributed by atoms with Crippen molar-refractivity contribution in [2.24, 2.45) is 0 Å². The Morgan fingerprint density at radius 3 is 1.28 bits per heavy atom. The maximum atomic E-state index is 15.0. The van der Waals surface area contributed by atoms with Crippen molar-refractivity contribution >= 4 is 11.8 Å². The monoisotopic (exact) mass is 1000 g/mol. The Hall–Kier alpha value is -8.56. The Bertz CT molecular complexity index is 3100. The number of hydrogen-bond donors (Lipinski definition) is 2. The molecule has 2 aromatic heterocycles. The first-order chi connectivity index (χ1) is 34.6. The summed E-state index contributed by atoms with van der Waals surface area (Å²) in [6.07, 6.45) is 2.70. The molecule has 0 radical (unpaired) electrons. The van der Waals surface area contributed by atoms with E-state index in [1.165, 1.54) is 114 Å². The number of ether oxygens (including phenoxy) is 2. The van der Waals surface area contributed by atoms with E-state index in [1.54, 1.807) is 12.2 Å². The van der Waals surface area contributed by atoms with Gasteiger partial charge < -0.3 is 29.5 Å². The smallest absolute Gasteiger partial charge is 0.278 e. The van der Waals surface area contributed by atoms with Gasteiger partial charge in [-0.25, -0.2) is 26.3 Å². The number of aromatic nitrogens is 2. The second-order valence-corrected chi connectivity index (χ2v) is 16.4. The molecule has 2 N–H and O–H groups in total. The Morgan fingerprint density at radius 1 is 0.500 bits per heavy atom. The molecule has 0 fully saturated rings. The number of fused-ring (bicyclic) bond motifs is 10. The summed E-state index contributed by atoms with van der Waals surface area (Å²) in [7, 11) is 0.